The summed E-state index contributed by atoms with van der Waals surface area (Å²) in [5.41, 5.74) is -1.80. The van der Waals surface area contributed by atoms with Crippen LogP contribution in [0.4, 0.5) is 13.2 Å². The van der Waals surface area contributed by atoms with Crippen molar-refractivity contribution in [1.29, 1.82) is 0 Å². The number of fused-ring (bicyclic) bond motifs is 1. The van der Waals surface area contributed by atoms with E-state index in [1.54, 1.807) is 0 Å². The van der Waals surface area contributed by atoms with E-state index in [9.17, 15) is 27.9 Å². The molecule has 2 aromatic heterocycles. The SMILES string of the molecule is O=C([O-])c1ccc(COc2ccc3c(=O)c(-c4ccc(Cl)cc4)c(C(F)(F)F)oc3c2)o1. The zero-order valence-electron chi connectivity index (χ0n) is 15.9. The van der Waals surface area contributed by atoms with Gasteiger partial charge in [-0.1, -0.05) is 23.7 Å². The number of carboxylic acid groups (broad SMARTS) is 1. The third kappa shape index (κ3) is 4.19. The van der Waals surface area contributed by atoms with Crippen molar-refractivity contribution >= 4 is 28.5 Å². The van der Waals surface area contributed by atoms with Crippen LogP contribution in [0.25, 0.3) is 22.1 Å². The summed E-state index contributed by atoms with van der Waals surface area (Å²) < 4.78 is 56.6. The molecular weight excluding hydrogens is 453 g/mol. The second-order valence-corrected chi connectivity index (χ2v) is 7.08. The molecule has 0 bridgehead atoms. The maximum absolute atomic E-state index is 13.7. The third-order valence-electron chi connectivity index (χ3n) is 4.50. The standard InChI is InChI=1S/C22H12ClF3O6/c23-12-3-1-11(2-4-12)18-19(27)15-7-5-13(9-17(15)32-20(18)22(24,25)26)30-10-14-6-8-16(31-14)21(28)29/h1-9H,10H2,(H,28,29)/p-1. The number of benzene rings is 2. The number of aromatic carboxylic acids is 1. The van der Waals surface area contributed by atoms with E-state index in [1.165, 1.54) is 48.5 Å². The number of carbonyl (C=O) groups excluding carboxylic acids is 1. The lowest BCUT2D eigenvalue weighted by atomic mass is 10.0. The third-order valence-corrected chi connectivity index (χ3v) is 4.75. The van der Waals surface area contributed by atoms with Crippen LogP contribution in [0.1, 0.15) is 22.1 Å². The Hall–Kier alpha value is -3.72. The van der Waals surface area contributed by atoms with E-state index < -0.39 is 34.7 Å². The molecule has 2 aromatic carbocycles. The lowest BCUT2D eigenvalue weighted by Gasteiger charge is -2.13. The predicted molar refractivity (Wildman–Crippen MR) is 105 cm³/mol. The first-order chi connectivity index (χ1) is 15.1. The molecule has 0 atom stereocenters. The summed E-state index contributed by atoms with van der Waals surface area (Å²) in [5.74, 6) is -3.10. The molecule has 4 rings (SSSR count). The molecule has 0 N–H and O–H groups in total. The van der Waals surface area contributed by atoms with E-state index in [-0.39, 0.29) is 34.6 Å². The van der Waals surface area contributed by atoms with Gasteiger partial charge < -0.3 is 23.5 Å². The largest absolute Gasteiger partial charge is 0.542 e. The van der Waals surface area contributed by atoms with Gasteiger partial charge in [0.25, 0.3) is 0 Å². The minimum atomic E-state index is -4.94. The van der Waals surface area contributed by atoms with E-state index in [0.29, 0.717) is 5.02 Å². The fraction of sp³-hybridized carbons (Fsp3) is 0.0909. The molecular formula is C22H11ClF3O6-. The Balaban J connectivity index is 1.74. The first-order valence-corrected chi connectivity index (χ1v) is 9.38. The van der Waals surface area contributed by atoms with Gasteiger partial charge in [0.2, 0.25) is 11.2 Å². The maximum atomic E-state index is 13.7. The van der Waals surface area contributed by atoms with Crippen molar-refractivity contribution in [2.45, 2.75) is 12.8 Å². The molecule has 0 saturated heterocycles. The van der Waals surface area contributed by atoms with Gasteiger partial charge in [0.15, 0.2) is 0 Å². The summed E-state index contributed by atoms with van der Waals surface area (Å²) in [4.78, 5) is 23.7. The van der Waals surface area contributed by atoms with Crippen molar-refractivity contribution in [2.24, 2.45) is 0 Å². The highest BCUT2D eigenvalue weighted by Crippen LogP contribution is 2.38. The number of hydrogen-bond acceptors (Lipinski definition) is 6. The van der Waals surface area contributed by atoms with E-state index >= 15 is 0 Å². The van der Waals surface area contributed by atoms with Gasteiger partial charge in [0.05, 0.1) is 10.9 Å². The smallest absolute Gasteiger partial charge is 0.450 e. The minimum absolute atomic E-state index is 0.0132. The zero-order chi connectivity index (χ0) is 23.0. The average molecular weight is 464 g/mol. The molecule has 0 unspecified atom stereocenters. The molecule has 0 fully saturated rings. The summed E-state index contributed by atoms with van der Waals surface area (Å²) >= 11 is 5.80. The lowest BCUT2D eigenvalue weighted by Crippen LogP contribution is -2.21. The Labute approximate surface area is 182 Å². The topological polar surface area (TPSA) is 92.7 Å². The summed E-state index contributed by atoms with van der Waals surface area (Å²) in [6.45, 7) is -0.210. The normalized spacial score (nSPS) is 11.6. The molecule has 164 valence electrons. The summed E-state index contributed by atoms with van der Waals surface area (Å²) in [5, 5.41) is 11.0. The Bertz CT molecular complexity index is 1370. The number of alkyl halides is 3. The lowest BCUT2D eigenvalue weighted by molar-refractivity contribution is -0.257. The highest BCUT2D eigenvalue weighted by atomic mass is 35.5. The van der Waals surface area contributed by atoms with E-state index in [1.807, 2.05) is 0 Å². The maximum Gasteiger partial charge on any atom is 0.450 e. The van der Waals surface area contributed by atoms with Gasteiger partial charge >= 0.3 is 6.18 Å². The molecule has 0 aliphatic rings. The monoisotopic (exact) mass is 463 g/mol. The summed E-state index contributed by atoms with van der Waals surface area (Å²) in [6.07, 6.45) is -4.94. The van der Waals surface area contributed by atoms with E-state index in [4.69, 9.17) is 25.2 Å². The molecule has 32 heavy (non-hydrogen) atoms. The molecule has 0 aliphatic carbocycles. The molecule has 0 aliphatic heterocycles. The van der Waals surface area contributed by atoms with Crippen LogP contribution < -0.4 is 15.3 Å². The molecule has 0 amide bonds. The van der Waals surface area contributed by atoms with Crippen molar-refractivity contribution in [1.82, 2.24) is 0 Å². The van der Waals surface area contributed by atoms with Crippen LogP contribution >= 0.6 is 11.6 Å². The first-order valence-electron chi connectivity index (χ1n) is 9.00. The van der Waals surface area contributed by atoms with Crippen molar-refractivity contribution < 1.29 is 36.6 Å². The fourth-order valence-corrected chi connectivity index (χ4v) is 3.19. The van der Waals surface area contributed by atoms with Crippen molar-refractivity contribution in [3.8, 4) is 16.9 Å². The second-order valence-electron chi connectivity index (χ2n) is 6.64. The minimum Gasteiger partial charge on any atom is -0.542 e. The number of ether oxygens (including phenoxy) is 1. The number of carboxylic acids is 1. The molecule has 6 nitrogen and oxygen atoms in total. The quantitative estimate of drug-likeness (QED) is 0.427. The molecule has 0 radical (unpaired) electrons. The molecule has 0 saturated carbocycles. The highest BCUT2D eigenvalue weighted by molar-refractivity contribution is 6.30. The Morgan fingerprint density at radius 3 is 2.38 bits per heavy atom. The van der Waals surface area contributed by atoms with Crippen molar-refractivity contribution in [3.05, 3.63) is 87.1 Å². The zero-order valence-corrected chi connectivity index (χ0v) is 16.6. The van der Waals surface area contributed by atoms with Gasteiger partial charge in [-0.15, -0.1) is 0 Å². The van der Waals surface area contributed by atoms with Crippen LogP contribution in [0.15, 0.2) is 68.2 Å². The number of carbonyl (C=O) groups is 1. The number of halogens is 4. The Morgan fingerprint density at radius 2 is 1.75 bits per heavy atom. The summed E-state index contributed by atoms with van der Waals surface area (Å²) in [6, 6.07) is 11.7. The predicted octanol–water partition coefficient (Wildman–Crippen LogP) is 4.67. The van der Waals surface area contributed by atoms with Gasteiger partial charge in [-0.25, -0.2) is 0 Å². The van der Waals surface area contributed by atoms with Crippen LogP contribution in [-0.4, -0.2) is 5.97 Å². The number of rotatable bonds is 5. The number of furan rings is 1. The van der Waals surface area contributed by atoms with Crippen LogP contribution in [0.2, 0.25) is 5.02 Å². The van der Waals surface area contributed by atoms with Crippen molar-refractivity contribution in [3.63, 3.8) is 0 Å². The molecule has 2 heterocycles. The van der Waals surface area contributed by atoms with Gasteiger partial charge in [-0.3, -0.25) is 4.79 Å². The highest BCUT2D eigenvalue weighted by Gasteiger charge is 2.39. The molecule has 4 aromatic rings. The van der Waals surface area contributed by atoms with Crippen LogP contribution in [0, 0.1) is 0 Å². The first kappa shape index (κ1) is 21.5. The van der Waals surface area contributed by atoms with E-state index in [0.717, 1.165) is 6.07 Å². The number of hydrogen-bond donors (Lipinski definition) is 0. The van der Waals surface area contributed by atoms with Gasteiger partial charge in [-0.05, 0) is 42.0 Å². The van der Waals surface area contributed by atoms with Crippen molar-refractivity contribution in [2.75, 3.05) is 0 Å². The molecule has 10 heteroatoms. The van der Waals surface area contributed by atoms with Gasteiger partial charge in [-0.2, -0.15) is 13.2 Å². The van der Waals surface area contributed by atoms with Gasteiger partial charge in [0, 0.05) is 11.1 Å². The summed E-state index contributed by atoms with van der Waals surface area (Å²) in [7, 11) is 0. The Kier molecular flexibility index (Phi) is 5.43. The Morgan fingerprint density at radius 1 is 1.03 bits per heavy atom. The van der Waals surface area contributed by atoms with Crippen LogP contribution in [-0.2, 0) is 12.8 Å². The average Bonchev–Trinajstić information content (AvgIpc) is 3.22. The fourth-order valence-electron chi connectivity index (χ4n) is 3.06. The van der Waals surface area contributed by atoms with Crippen LogP contribution in [0.3, 0.4) is 0 Å². The van der Waals surface area contributed by atoms with Crippen LogP contribution in [0.5, 0.6) is 5.75 Å². The van der Waals surface area contributed by atoms with Gasteiger partial charge in [0.1, 0.15) is 35.4 Å². The second kappa shape index (κ2) is 8.08. The molecule has 0 spiro atoms. The van der Waals surface area contributed by atoms with E-state index in [2.05, 4.69) is 0 Å².